The Hall–Kier alpha value is -3.14. The van der Waals surface area contributed by atoms with Crippen LogP contribution in [-0.2, 0) is 32.4 Å². The van der Waals surface area contributed by atoms with Gasteiger partial charge in [-0.15, -0.1) is 0 Å². The normalized spacial score (nSPS) is 9.77. The second-order valence-electron chi connectivity index (χ2n) is 5.45. The van der Waals surface area contributed by atoms with E-state index in [4.69, 9.17) is 9.84 Å². The quantitative estimate of drug-likeness (QED) is 0.467. The molecule has 134 valence electrons. The van der Waals surface area contributed by atoms with Gasteiger partial charge in [0.15, 0.2) is 0 Å². The number of hydrogen-bond donors (Lipinski definition) is 2. The fraction of sp³-hybridized carbons (Fsp3) is 0.200. The average Bonchev–Trinajstić information content (AvgIpc) is 2.70. The van der Waals surface area contributed by atoms with Crippen molar-refractivity contribution < 1.29 is 24.3 Å². The van der Waals surface area contributed by atoms with E-state index in [0.717, 1.165) is 22.3 Å². The number of ether oxygens (including phenoxy) is 1. The van der Waals surface area contributed by atoms with Crippen molar-refractivity contribution in [1.29, 1.82) is 0 Å². The lowest BCUT2D eigenvalue weighted by Crippen LogP contribution is -2.13. The molecule has 0 aliphatic rings. The molecule has 0 bridgehead atoms. The van der Waals surface area contributed by atoms with E-state index in [9.17, 15) is 9.59 Å². The Morgan fingerprint density at radius 3 is 1.85 bits per heavy atom. The second kappa shape index (κ2) is 9.99. The number of rotatable bonds is 6. The van der Waals surface area contributed by atoms with Gasteiger partial charge in [0.05, 0.1) is 19.4 Å². The molecule has 3 N–H and O–H groups in total. The van der Waals surface area contributed by atoms with Crippen LogP contribution < -0.4 is 5.90 Å². The molecule has 0 atom stereocenters. The molecule has 0 saturated carbocycles. The molecule has 2 rings (SSSR count). The molecule has 6 nitrogen and oxygen atoms in total. The summed E-state index contributed by atoms with van der Waals surface area (Å²) in [7, 11) is 0. The summed E-state index contributed by atoms with van der Waals surface area (Å²) in [5.41, 5.74) is 3.35. The van der Waals surface area contributed by atoms with Crippen molar-refractivity contribution in [3.63, 3.8) is 0 Å². The summed E-state index contributed by atoms with van der Waals surface area (Å²) in [6.07, 6.45) is -0.183. The van der Waals surface area contributed by atoms with Gasteiger partial charge in [-0.1, -0.05) is 36.1 Å². The van der Waals surface area contributed by atoms with Crippen LogP contribution in [0.25, 0.3) is 0 Å². The first-order valence-electron chi connectivity index (χ1n) is 7.96. The molecule has 2 aromatic carbocycles. The summed E-state index contributed by atoms with van der Waals surface area (Å²) < 4.78 is 5.07. The predicted octanol–water partition coefficient (Wildman–Crippen LogP) is 1.82. The standard InChI is InChI=1S/C20H19NO5/c21-26-20(24)12-11-19(23)25-14-18-9-5-16(6-10-18)2-1-15-3-7-17(13-22)8-4-15/h3-10,22H,11-14,21H2. The Kier molecular flexibility index (Phi) is 7.37. The van der Waals surface area contributed by atoms with Crippen LogP contribution in [0, 0.1) is 11.8 Å². The van der Waals surface area contributed by atoms with Gasteiger partial charge in [0, 0.05) is 11.1 Å². The summed E-state index contributed by atoms with van der Waals surface area (Å²) in [6.45, 7) is 0.129. The molecule has 0 fully saturated rings. The van der Waals surface area contributed by atoms with Crippen molar-refractivity contribution in [3.8, 4) is 11.8 Å². The number of aliphatic hydroxyl groups is 1. The molecule has 0 radical (unpaired) electrons. The Balaban J connectivity index is 1.85. The van der Waals surface area contributed by atoms with E-state index < -0.39 is 11.9 Å². The molecule has 0 aliphatic carbocycles. The lowest BCUT2D eigenvalue weighted by atomic mass is 10.1. The molecule has 0 saturated heterocycles. The van der Waals surface area contributed by atoms with Crippen LogP contribution >= 0.6 is 0 Å². The Morgan fingerprint density at radius 2 is 1.35 bits per heavy atom. The van der Waals surface area contributed by atoms with Crippen LogP contribution in [0.4, 0.5) is 0 Å². The fourth-order valence-corrected chi connectivity index (χ4v) is 2.02. The first-order valence-corrected chi connectivity index (χ1v) is 7.96. The van der Waals surface area contributed by atoms with Gasteiger partial charge in [0.25, 0.3) is 0 Å². The van der Waals surface area contributed by atoms with Crippen molar-refractivity contribution in [2.45, 2.75) is 26.1 Å². The zero-order valence-corrected chi connectivity index (χ0v) is 14.1. The summed E-state index contributed by atoms with van der Waals surface area (Å²) in [5, 5.41) is 9.01. The Morgan fingerprint density at radius 1 is 0.846 bits per heavy atom. The number of carbonyl (C=O) groups is 2. The van der Waals surface area contributed by atoms with E-state index in [0.29, 0.717) is 0 Å². The molecular formula is C20H19NO5. The lowest BCUT2D eigenvalue weighted by Gasteiger charge is -2.04. The van der Waals surface area contributed by atoms with Gasteiger partial charge >= 0.3 is 11.9 Å². The molecule has 0 aliphatic heterocycles. The number of esters is 1. The van der Waals surface area contributed by atoms with E-state index in [1.165, 1.54) is 0 Å². The minimum Gasteiger partial charge on any atom is -0.461 e. The van der Waals surface area contributed by atoms with E-state index in [-0.39, 0.29) is 26.1 Å². The summed E-state index contributed by atoms with van der Waals surface area (Å²) >= 11 is 0. The minimum atomic E-state index is -0.657. The minimum absolute atomic E-state index is 0.0108. The third-order valence-corrected chi connectivity index (χ3v) is 3.51. The average molecular weight is 353 g/mol. The molecule has 0 aromatic heterocycles. The van der Waals surface area contributed by atoms with Crippen LogP contribution in [0.3, 0.4) is 0 Å². The summed E-state index contributed by atoms with van der Waals surface area (Å²) in [4.78, 5) is 26.3. The third-order valence-electron chi connectivity index (χ3n) is 3.51. The lowest BCUT2D eigenvalue weighted by molar-refractivity contribution is -0.151. The van der Waals surface area contributed by atoms with Crippen LogP contribution in [0.15, 0.2) is 48.5 Å². The van der Waals surface area contributed by atoms with Crippen molar-refractivity contribution in [3.05, 3.63) is 70.8 Å². The van der Waals surface area contributed by atoms with Gasteiger partial charge in [0.1, 0.15) is 6.61 Å². The van der Waals surface area contributed by atoms with Crippen molar-refractivity contribution >= 4 is 11.9 Å². The Bertz CT molecular complexity index is 801. The van der Waals surface area contributed by atoms with Crippen molar-refractivity contribution in [2.24, 2.45) is 5.90 Å². The molecule has 0 amide bonds. The maximum Gasteiger partial charge on any atom is 0.325 e. The van der Waals surface area contributed by atoms with Gasteiger partial charge in [-0.25, -0.2) is 0 Å². The van der Waals surface area contributed by atoms with E-state index in [1.54, 1.807) is 0 Å². The molecule has 2 aromatic rings. The third kappa shape index (κ3) is 6.40. The van der Waals surface area contributed by atoms with Crippen LogP contribution in [0.2, 0.25) is 0 Å². The van der Waals surface area contributed by atoms with Crippen LogP contribution in [0.5, 0.6) is 0 Å². The topological polar surface area (TPSA) is 98.9 Å². The van der Waals surface area contributed by atoms with E-state index in [2.05, 4.69) is 22.6 Å². The molecule has 0 unspecified atom stereocenters. The molecule has 0 spiro atoms. The van der Waals surface area contributed by atoms with Gasteiger partial charge in [-0.3, -0.25) is 9.59 Å². The maximum atomic E-state index is 11.5. The van der Waals surface area contributed by atoms with Crippen molar-refractivity contribution in [1.82, 2.24) is 0 Å². The zero-order valence-electron chi connectivity index (χ0n) is 14.1. The highest BCUT2D eigenvalue weighted by Crippen LogP contribution is 2.07. The fourth-order valence-electron chi connectivity index (χ4n) is 2.02. The van der Waals surface area contributed by atoms with Gasteiger partial charge in [-0.05, 0) is 35.4 Å². The van der Waals surface area contributed by atoms with E-state index in [1.807, 2.05) is 48.5 Å². The number of carbonyl (C=O) groups excluding carboxylic acids is 2. The number of benzene rings is 2. The van der Waals surface area contributed by atoms with Gasteiger partial charge < -0.3 is 14.7 Å². The maximum absolute atomic E-state index is 11.5. The highest BCUT2D eigenvalue weighted by atomic mass is 16.7. The van der Waals surface area contributed by atoms with Crippen LogP contribution in [-0.4, -0.2) is 17.0 Å². The highest BCUT2D eigenvalue weighted by molar-refractivity contribution is 5.77. The largest absolute Gasteiger partial charge is 0.461 e. The zero-order chi connectivity index (χ0) is 18.8. The SMILES string of the molecule is NOC(=O)CCC(=O)OCc1ccc(C#Cc2ccc(CO)cc2)cc1. The predicted molar refractivity (Wildman–Crippen MR) is 94.1 cm³/mol. The molecule has 0 heterocycles. The number of hydrogen-bond acceptors (Lipinski definition) is 6. The molecule has 6 heteroatoms. The summed E-state index contributed by atoms with van der Waals surface area (Å²) in [6, 6.07) is 14.7. The number of aliphatic hydroxyl groups excluding tert-OH is 1. The smallest absolute Gasteiger partial charge is 0.325 e. The monoisotopic (exact) mass is 353 g/mol. The highest BCUT2D eigenvalue weighted by Gasteiger charge is 2.08. The first-order chi connectivity index (χ1) is 12.6. The number of nitrogens with two attached hydrogens (primary N) is 1. The van der Waals surface area contributed by atoms with Gasteiger partial charge in [-0.2, -0.15) is 5.90 Å². The Labute approximate surface area is 151 Å². The second-order valence-corrected chi connectivity index (χ2v) is 5.45. The van der Waals surface area contributed by atoms with Crippen molar-refractivity contribution in [2.75, 3.05) is 0 Å². The first kappa shape index (κ1) is 19.2. The van der Waals surface area contributed by atoms with E-state index >= 15 is 0 Å². The van der Waals surface area contributed by atoms with Gasteiger partial charge in [0.2, 0.25) is 0 Å². The molecular weight excluding hydrogens is 334 g/mol. The van der Waals surface area contributed by atoms with Crippen LogP contribution in [0.1, 0.15) is 35.1 Å². The molecule has 26 heavy (non-hydrogen) atoms. The summed E-state index contributed by atoms with van der Waals surface area (Å²) in [5.74, 6) is 9.63.